The van der Waals surface area contributed by atoms with Crippen LogP contribution in [0.15, 0.2) is 12.3 Å². The van der Waals surface area contributed by atoms with E-state index in [1.807, 2.05) is 0 Å². The minimum absolute atomic E-state index is 0.0107. The predicted molar refractivity (Wildman–Crippen MR) is 92.0 cm³/mol. The van der Waals surface area contributed by atoms with Gasteiger partial charge in [-0.25, -0.2) is 0 Å². The van der Waals surface area contributed by atoms with Crippen LogP contribution in [0.5, 0.6) is 0 Å². The fraction of sp³-hybridized carbons (Fsp3) is 0.706. The summed E-state index contributed by atoms with van der Waals surface area (Å²) in [4.78, 5) is 27.5. The maximum absolute atomic E-state index is 12.5. The van der Waals surface area contributed by atoms with Gasteiger partial charge in [-0.15, -0.1) is 0 Å². The van der Waals surface area contributed by atoms with Gasteiger partial charge in [-0.1, -0.05) is 0 Å². The summed E-state index contributed by atoms with van der Waals surface area (Å²) in [6, 6.07) is 1.93. The summed E-state index contributed by atoms with van der Waals surface area (Å²) in [5.41, 5.74) is -0.450. The lowest BCUT2D eigenvalue weighted by Gasteiger charge is -2.36. The van der Waals surface area contributed by atoms with Gasteiger partial charge in [0.2, 0.25) is 5.91 Å². The number of nitrogens with zero attached hydrogens (tertiary/aromatic N) is 4. The first kappa shape index (κ1) is 17.9. The molecule has 3 heterocycles. The Hall–Kier alpha value is -1.93. The highest BCUT2D eigenvalue weighted by molar-refractivity contribution is 5.92. The zero-order valence-corrected chi connectivity index (χ0v) is 14.9. The molecule has 0 saturated carbocycles. The third kappa shape index (κ3) is 4.38. The first-order chi connectivity index (χ1) is 11.8. The first-order valence-electron chi connectivity index (χ1n) is 8.85. The number of hydrogen-bond donors (Lipinski definition) is 2. The quantitative estimate of drug-likeness (QED) is 0.772. The Morgan fingerprint density at radius 2 is 2.08 bits per heavy atom. The fourth-order valence-corrected chi connectivity index (χ4v) is 3.79. The van der Waals surface area contributed by atoms with E-state index in [-0.39, 0.29) is 17.9 Å². The number of hydrogen-bond acceptors (Lipinski definition) is 5. The highest BCUT2D eigenvalue weighted by atomic mass is 16.3. The van der Waals surface area contributed by atoms with E-state index in [0.717, 1.165) is 25.9 Å². The molecule has 2 saturated heterocycles. The molecular weight excluding hydrogens is 322 g/mol. The third-order valence-electron chi connectivity index (χ3n) is 5.07. The highest BCUT2D eigenvalue weighted by Crippen LogP contribution is 2.25. The Bertz CT molecular complexity index is 638. The van der Waals surface area contributed by atoms with E-state index in [0.29, 0.717) is 31.7 Å². The minimum Gasteiger partial charge on any atom is -0.387 e. The summed E-state index contributed by atoms with van der Waals surface area (Å²) in [6.07, 6.45) is 4.12. The number of likely N-dealkylation sites (tertiary alicyclic amines) is 2. The van der Waals surface area contributed by atoms with Crippen molar-refractivity contribution in [2.75, 3.05) is 32.7 Å². The van der Waals surface area contributed by atoms with Crippen LogP contribution < -0.4 is 5.32 Å². The summed E-state index contributed by atoms with van der Waals surface area (Å²) < 4.78 is 1.61. The molecule has 0 aliphatic carbocycles. The maximum Gasteiger partial charge on any atom is 0.274 e. The fourth-order valence-electron chi connectivity index (χ4n) is 3.79. The molecule has 2 aliphatic rings. The minimum atomic E-state index is -0.870. The molecule has 0 spiro atoms. The molecule has 0 radical (unpaired) electrons. The first-order valence-corrected chi connectivity index (χ1v) is 8.85. The number of aromatic nitrogens is 2. The number of piperidine rings is 1. The number of aryl methyl sites for hydroxylation is 1. The third-order valence-corrected chi connectivity index (χ3v) is 5.07. The molecule has 2 amide bonds. The number of aliphatic hydroxyl groups is 1. The highest BCUT2D eigenvalue weighted by Gasteiger charge is 2.40. The van der Waals surface area contributed by atoms with Crippen LogP contribution in [0.3, 0.4) is 0 Å². The Labute approximate surface area is 147 Å². The van der Waals surface area contributed by atoms with E-state index >= 15 is 0 Å². The molecule has 1 unspecified atom stereocenters. The van der Waals surface area contributed by atoms with Gasteiger partial charge >= 0.3 is 0 Å². The smallest absolute Gasteiger partial charge is 0.274 e. The molecule has 2 fully saturated rings. The summed E-state index contributed by atoms with van der Waals surface area (Å²) in [5, 5.41) is 18.0. The Kier molecular flexibility index (Phi) is 5.10. The van der Waals surface area contributed by atoms with Crippen molar-refractivity contribution < 1.29 is 14.7 Å². The molecule has 0 aromatic carbocycles. The molecule has 1 aromatic heterocycles. The standard InChI is InChI=1S/C17H27N5O3/c1-13(23)18-14-3-8-21(9-4-14)11-17(25)6-10-22(12-17)16(24)15-5-7-20(2)19-15/h5,7,14,25H,3-4,6,8-12H2,1-2H3,(H,18,23). The molecule has 2 aliphatic heterocycles. The molecule has 1 aromatic rings. The summed E-state index contributed by atoms with van der Waals surface area (Å²) in [5.74, 6) is -0.113. The van der Waals surface area contributed by atoms with Crippen LogP contribution in [-0.4, -0.2) is 80.9 Å². The SMILES string of the molecule is CC(=O)NC1CCN(CC2(O)CCN(C(=O)c3ccn(C)n3)C2)CC1. The van der Waals surface area contributed by atoms with Crippen molar-refractivity contribution in [2.45, 2.75) is 37.8 Å². The number of rotatable bonds is 4. The zero-order valence-electron chi connectivity index (χ0n) is 14.9. The van der Waals surface area contributed by atoms with Gasteiger partial charge in [0.25, 0.3) is 5.91 Å². The Morgan fingerprint density at radius 3 is 2.68 bits per heavy atom. The van der Waals surface area contributed by atoms with E-state index in [1.165, 1.54) is 0 Å². The molecule has 8 nitrogen and oxygen atoms in total. The van der Waals surface area contributed by atoms with E-state index in [1.54, 1.807) is 35.8 Å². The Morgan fingerprint density at radius 1 is 1.36 bits per heavy atom. The molecular formula is C17H27N5O3. The van der Waals surface area contributed by atoms with Gasteiger partial charge in [0, 0.05) is 52.4 Å². The van der Waals surface area contributed by atoms with Crippen LogP contribution in [-0.2, 0) is 11.8 Å². The van der Waals surface area contributed by atoms with Crippen LogP contribution in [0.4, 0.5) is 0 Å². The van der Waals surface area contributed by atoms with Gasteiger partial charge in [-0.05, 0) is 25.3 Å². The van der Waals surface area contributed by atoms with Crippen molar-refractivity contribution in [3.8, 4) is 0 Å². The lowest BCUT2D eigenvalue weighted by atomic mass is 9.99. The van der Waals surface area contributed by atoms with Crippen molar-refractivity contribution in [1.29, 1.82) is 0 Å². The molecule has 138 valence electrons. The number of β-amino-alcohol motifs (C(OH)–C–C–N with tert-alkyl or cyclic N) is 1. The summed E-state index contributed by atoms with van der Waals surface area (Å²) >= 11 is 0. The van der Waals surface area contributed by atoms with Gasteiger partial charge in [0.1, 0.15) is 5.69 Å². The van der Waals surface area contributed by atoms with Gasteiger partial charge in [0.15, 0.2) is 0 Å². The summed E-state index contributed by atoms with van der Waals surface area (Å²) in [6.45, 7) is 4.69. The number of nitrogens with one attached hydrogen (secondary N) is 1. The van der Waals surface area contributed by atoms with E-state index < -0.39 is 5.60 Å². The molecule has 2 N–H and O–H groups in total. The van der Waals surface area contributed by atoms with Gasteiger partial charge in [-0.2, -0.15) is 5.10 Å². The predicted octanol–water partition coefficient (Wildman–Crippen LogP) is -0.402. The molecule has 3 rings (SSSR count). The van der Waals surface area contributed by atoms with Crippen molar-refractivity contribution in [3.05, 3.63) is 18.0 Å². The average molecular weight is 349 g/mol. The Balaban J connectivity index is 1.50. The van der Waals surface area contributed by atoms with Crippen LogP contribution in [0.25, 0.3) is 0 Å². The van der Waals surface area contributed by atoms with E-state index in [9.17, 15) is 14.7 Å². The molecule has 25 heavy (non-hydrogen) atoms. The van der Waals surface area contributed by atoms with Crippen molar-refractivity contribution in [2.24, 2.45) is 7.05 Å². The maximum atomic E-state index is 12.5. The number of carbonyl (C=O) groups is 2. The zero-order chi connectivity index (χ0) is 18.0. The summed E-state index contributed by atoms with van der Waals surface area (Å²) in [7, 11) is 1.78. The topological polar surface area (TPSA) is 90.7 Å². The van der Waals surface area contributed by atoms with Crippen LogP contribution in [0.2, 0.25) is 0 Å². The number of amides is 2. The average Bonchev–Trinajstić information content (AvgIpc) is 3.15. The largest absolute Gasteiger partial charge is 0.387 e. The molecule has 8 heteroatoms. The lowest BCUT2D eigenvalue weighted by molar-refractivity contribution is -0.120. The van der Waals surface area contributed by atoms with Gasteiger partial charge < -0.3 is 20.2 Å². The van der Waals surface area contributed by atoms with Gasteiger partial charge in [0.05, 0.1) is 12.1 Å². The van der Waals surface area contributed by atoms with E-state index in [2.05, 4.69) is 15.3 Å². The van der Waals surface area contributed by atoms with Crippen molar-refractivity contribution in [3.63, 3.8) is 0 Å². The second kappa shape index (κ2) is 7.13. The lowest BCUT2D eigenvalue weighted by Crippen LogP contribution is -2.50. The number of carbonyl (C=O) groups excluding carboxylic acids is 2. The van der Waals surface area contributed by atoms with E-state index in [4.69, 9.17) is 0 Å². The molecule has 0 bridgehead atoms. The monoisotopic (exact) mass is 349 g/mol. The van der Waals surface area contributed by atoms with Crippen LogP contribution in [0.1, 0.15) is 36.7 Å². The van der Waals surface area contributed by atoms with Gasteiger partial charge in [-0.3, -0.25) is 14.3 Å². The second-order valence-electron chi connectivity index (χ2n) is 7.33. The second-order valence-corrected chi connectivity index (χ2v) is 7.33. The normalized spacial score (nSPS) is 25.3. The van der Waals surface area contributed by atoms with Crippen molar-refractivity contribution >= 4 is 11.8 Å². The van der Waals surface area contributed by atoms with Crippen LogP contribution >= 0.6 is 0 Å². The van der Waals surface area contributed by atoms with Crippen molar-refractivity contribution in [1.82, 2.24) is 24.9 Å². The molecule has 1 atom stereocenters. The van der Waals surface area contributed by atoms with Crippen LogP contribution in [0, 0.1) is 0 Å².